The number of ether oxygens (including phenoxy) is 3. The van der Waals surface area contributed by atoms with Crippen molar-refractivity contribution in [1.82, 2.24) is 19.5 Å². The van der Waals surface area contributed by atoms with E-state index in [1.807, 2.05) is 60.7 Å². The van der Waals surface area contributed by atoms with Crippen LogP contribution in [-0.4, -0.2) is 66.7 Å². The lowest BCUT2D eigenvalue weighted by Gasteiger charge is -2.32. The first-order valence-electron chi connectivity index (χ1n) is 13.3. The van der Waals surface area contributed by atoms with Crippen molar-refractivity contribution >= 4 is 23.0 Å². The molecule has 1 saturated heterocycles. The quantitative estimate of drug-likeness (QED) is 0.214. The van der Waals surface area contributed by atoms with Gasteiger partial charge in [0.05, 0.1) is 32.8 Å². The van der Waals surface area contributed by atoms with E-state index in [1.54, 1.807) is 13.8 Å². The molecule has 0 unspecified atom stereocenters. The van der Waals surface area contributed by atoms with Crippen molar-refractivity contribution in [2.75, 3.05) is 18.5 Å². The van der Waals surface area contributed by atoms with Crippen molar-refractivity contribution < 1.29 is 29.2 Å². The first-order valence-corrected chi connectivity index (χ1v) is 13.3. The van der Waals surface area contributed by atoms with Gasteiger partial charge in [0.2, 0.25) is 11.9 Å². The summed E-state index contributed by atoms with van der Waals surface area (Å²) in [6, 6.07) is 18.9. The average Bonchev–Trinajstić information content (AvgIpc) is 3.52. The van der Waals surface area contributed by atoms with Crippen molar-refractivity contribution in [3.05, 3.63) is 88.5 Å². The monoisotopic (exact) mass is 563 g/mol. The fourth-order valence-corrected chi connectivity index (χ4v) is 4.71. The minimum Gasteiger partial charge on any atom is -0.393 e. The topological polar surface area (TPSA) is 161 Å². The smallest absolute Gasteiger partial charge is 0.280 e. The molecule has 5 rings (SSSR count). The number of nitrogens with zero attached hydrogens (tertiary/aromatic N) is 3. The number of carbonyl (C=O) groups is 1. The molecular weight excluding hydrogens is 530 g/mol. The summed E-state index contributed by atoms with van der Waals surface area (Å²) in [7, 11) is 0. The predicted octanol–water partition coefficient (Wildman–Crippen LogP) is 2.14. The molecule has 4 N–H and O–H groups in total. The maximum atomic E-state index is 12.7. The SMILES string of the molecule is CC(C)C(=O)Nc1nc2c(ncn2[C@@H]2O[C@](CO)(COCc3ccccc3)[C@@H](OCc3ccccc3)[C@H]2O)c(=O)[nH]1. The highest BCUT2D eigenvalue weighted by molar-refractivity contribution is 5.91. The van der Waals surface area contributed by atoms with E-state index in [2.05, 4.69) is 20.3 Å². The van der Waals surface area contributed by atoms with Crippen molar-refractivity contribution in [2.45, 2.75) is 51.1 Å². The first-order chi connectivity index (χ1) is 19.8. The van der Waals surface area contributed by atoms with E-state index in [1.165, 1.54) is 10.9 Å². The van der Waals surface area contributed by atoms with Gasteiger partial charge in [0, 0.05) is 5.92 Å². The highest BCUT2D eigenvalue weighted by Crippen LogP contribution is 2.40. The van der Waals surface area contributed by atoms with Gasteiger partial charge in [-0.05, 0) is 11.1 Å². The van der Waals surface area contributed by atoms with E-state index in [0.29, 0.717) is 0 Å². The zero-order valence-electron chi connectivity index (χ0n) is 22.8. The summed E-state index contributed by atoms with van der Waals surface area (Å²) in [4.78, 5) is 36.0. The Kier molecular flexibility index (Phi) is 8.57. The zero-order chi connectivity index (χ0) is 29.0. The summed E-state index contributed by atoms with van der Waals surface area (Å²) in [5.41, 5.74) is -0.161. The van der Waals surface area contributed by atoms with Crippen molar-refractivity contribution in [3.8, 4) is 0 Å². The van der Waals surface area contributed by atoms with Crippen LogP contribution in [0.15, 0.2) is 71.8 Å². The molecule has 1 amide bonds. The van der Waals surface area contributed by atoms with Gasteiger partial charge >= 0.3 is 0 Å². The summed E-state index contributed by atoms with van der Waals surface area (Å²) in [6.07, 6.45) is -2.15. The van der Waals surface area contributed by atoms with Gasteiger partial charge in [-0.25, -0.2) is 4.98 Å². The minimum atomic E-state index is -1.46. The molecule has 12 heteroatoms. The number of imidazole rings is 1. The van der Waals surface area contributed by atoms with Gasteiger partial charge in [-0.2, -0.15) is 4.98 Å². The molecule has 2 aromatic heterocycles. The average molecular weight is 564 g/mol. The Morgan fingerprint density at radius 1 is 1.12 bits per heavy atom. The number of hydrogen-bond donors (Lipinski definition) is 4. The molecule has 41 heavy (non-hydrogen) atoms. The van der Waals surface area contributed by atoms with E-state index in [4.69, 9.17) is 14.2 Å². The molecular formula is C29H33N5O7. The molecule has 3 heterocycles. The Bertz CT molecular complexity index is 1530. The molecule has 4 atom stereocenters. The third-order valence-corrected chi connectivity index (χ3v) is 6.95. The van der Waals surface area contributed by atoms with E-state index < -0.39 is 36.2 Å². The molecule has 1 aliphatic rings. The number of aliphatic hydroxyl groups excluding tert-OH is 2. The number of fused-ring (bicyclic) bond motifs is 1. The van der Waals surface area contributed by atoms with Crippen LogP contribution in [-0.2, 0) is 32.2 Å². The molecule has 1 aliphatic heterocycles. The molecule has 0 spiro atoms. The van der Waals surface area contributed by atoms with Crippen molar-refractivity contribution in [2.24, 2.45) is 5.92 Å². The third kappa shape index (κ3) is 6.06. The number of aromatic amines is 1. The number of amides is 1. The molecule has 0 bridgehead atoms. The lowest BCUT2D eigenvalue weighted by molar-refractivity contribution is -0.174. The normalized spacial score (nSPS) is 22.4. The predicted molar refractivity (Wildman–Crippen MR) is 149 cm³/mol. The maximum absolute atomic E-state index is 12.7. The van der Waals surface area contributed by atoms with Gasteiger partial charge in [0.1, 0.15) is 17.8 Å². The standard InChI is InChI=1S/C29H33N5O7/c1-18(2)25(37)32-28-31-24-21(26(38)33-28)30-17-34(24)27-22(36)23(40-14-20-11-7-4-8-12-20)29(15-35,41-27)16-39-13-19-9-5-3-6-10-19/h3-12,17-18,22-23,27,35-36H,13-16H2,1-2H3,(H2,31,32,33,37,38)/t22-,23+,27-,29-/m1/s1. The molecule has 0 radical (unpaired) electrons. The van der Waals surface area contributed by atoms with E-state index in [0.717, 1.165) is 11.1 Å². The zero-order valence-corrected chi connectivity index (χ0v) is 22.8. The van der Waals surface area contributed by atoms with Crippen LogP contribution in [0, 0.1) is 5.92 Å². The Morgan fingerprint density at radius 3 is 2.41 bits per heavy atom. The second-order valence-corrected chi connectivity index (χ2v) is 10.3. The number of carbonyl (C=O) groups excluding carboxylic acids is 1. The summed E-state index contributed by atoms with van der Waals surface area (Å²) >= 11 is 0. The van der Waals surface area contributed by atoms with E-state index in [-0.39, 0.29) is 48.8 Å². The molecule has 0 aliphatic carbocycles. The van der Waals surface area contributed by atoms with Crippen molar-refractivity contribution in [1.29, 1.82) is 0 Å². The van der Waals surface area contributed by atoms with Crippen LogP contribution in [0.4, 0.5) is 5.95 Å². The number of rotatable bonds is 11. The highest BCUT2D eigenvalue weighted by Gasteiger charge is 2.56. The summed E-state index contributed by atoms with van der Waals surface area (Å²) < 4.78 is 19.9. The van der Waals surface area contributed by atoms with Gasteiger partial charge in [-0.15, -0.1) is 0 Å². The number of nitrogens with one attached hydrogen (secondary N) is 2. The van der Waals surface area contributed by atoms with E-state index in [9.17, 15) is 19.8 Å². The van der Waals surface area contributed by atoms with Crippen LogP contribution in [0.3, 0.4) is 0 Å². The van der Waals surface area contributed by atoms with Crippen molar-refractivity contribution in [3.63, 3.8) is 0 Å². The second kappa shape index (κ2) is 12.3. The van der Waals surface area contributed by atoms with Gasteiger partial charge in [0.25, 0.3) is 5.56 Å². The van der Waals surface area contributed by atoms with Crippen LogP contribution in [0.25, 0.3) is 11.2 Å². The molecule has 216 valence electrons. The number of aliphatic hydroxyl groups is 2. The Labute approximate surface area is 235 Å². The molecule has 0 saturated carbocycles. The van der Waals surface area contributed by atoms with Gasteiger partial charge in [0.15, 0.2) is 17.4 Å². The molecule has 12 nitrogen and oxygen atoms in total. The van der Waals surface area contributed by atoms with Crippen LogP contribution < -0.4 is 10.9 Å². The van der Waals surface area contributed by atoms with Crippen LogP contribution in [0.5, 0.6) is 0 Å². The Morgan fingerprint density at radius 2 is 1.78 bits per heavy atom. The highest BCUT2D eigenvalue weighted by atomic mass is 16.6. The van der Waals surface area contributed by atoms with Crippen LogP contribution in [0.1, 0.15) is 31.2 Å². The third-order valence-electron chi connectivity index (χ3n) is 6.95. The summed E-state index contributed by atoms with van der Waals surface area (Å²) in [5.74, 6) is -0.739. The van der Waals surface area contributed by atoms with Gasteiger partial charge in [-0.3, -0.25) is 24.5 Å². The molecule has 4 aromatic rings. The largest absolute Gasteiger partial charge is 0.393 e. The summed E-state index contributed by atoms with van der Waals surface area (Å²) in [6.45, 7) is 3.20. The number of hydrogen-bond acceptors (Lipinski definition) is 9. The first kappa shape index (κ1) is 28.6. The van der Waals surface area contributed by atoms with Crippen LogP contribution in [0.2, 0.25) is 0 Å². The maximum Gasteiger partial charge on any atom is 0.280 e. The van der Waals surface area contributed by atoms with E-state index >= 15 is 0 Å². The molecule has 2 aromatic carbocycles. The summed E-state index contributed by atoms with van der Waals surface area (Å²) in [5, 5.41) is 24.8. The Hall–Kier alpha value is -3.94. The Balaban J connectivity index is 1.46. The number of benzene rings is 2. The van der Waals surface area contributed by atoms with Crippen LogP contribution >= 0.6 is 0 Å². The van der Waals surface area contributed by atoms with Gasteiger partial charge < -0.3 is 24.4 Å². The lowest BCUT2D eigenvalue weighted by Crippen LogP contribution is -2.51. The number of aromatic nitrogens is 4. The second-order valence-electron chi connectivity index (χ2n) is 10.3. The fraction of sp³-hybridized carbons (Fsp3) is 0.379. The number of H-pyrrole nitrogens is 1. The minimum absolute atomic E-state index is 0.00748. The number of anilines is 1. The lowest BCUT2D eigenvalue weighted by atomic mass is 9.96. The van der Waals surface area contributed by atoms with Gasteiger partial charge in [-0.1, -0.05) is 74.5 Å². The molecule has 1 fully saturated rings. The fourth-order valence-electron chi connectivity index (χ4n) is 4.71.